The van der Waals surface area contributed by atoms with Crippen LogP contribution in [0.4, 0.5) is 11.4 Å². The zero-order chi connectivity index (χ0) is 17.7. The first-order valence-electron chi connectivity index (χ1n) is 8.70. The highest BCUT2D eigenvalue weighted by molar-refractivity contribution is 5.92. The Bertz CT molecular complexity index is 569. The van der Waals surface area contributed by atoms with E-state index in [0.29, 0.717) is 13.0 Å². The van der Waals surface area contributed by atoms with Crippen LogP contribution in [0.5, 0.6) is 0 Å². The second-order valence-electron chi connectivity index (χ2n) is 7.43. The summed E-state index contributed by atoms with van der Waals surface area (Å²) in [7, 11) is 0. The second kappa shape index (κ2) is 7.69. The number of carbonyl (C=O) groups excluding carboxylic acids is 2. The van der Waals surface area contributed by atoms with E-state index in [2.05, 4.69) is 22.3 Å². The van der Waals surface area contributed by atoms with Crippen LogP contribution in [0.1, 0.15) is 47.0 Å². The van der Waals surface area contributed by atoms with E-state index in [9.17, 15) is 9.59 Å². The molecule has 132 valence electrons. The molecule has 1 aromatic rings. The molecule has 0 aliphatic carbocycles. The molecule has 5 heteroatoms. The van der Waals surface area contributed by atoms with Gasteiger partial charge in [0.15, 0.2) is 0 Å². The molecule has 0 spiro atoms. The van der Waals surface area contributed by atoms with E-state index in [-0.39, 0.29) is 17.4 Å². The molecule has 1 saturated heterocycles. The summed E-state index contributed by atoms with van der Waals surface area (Å²) in [4.78, 5) is 28.0. The Morgan fingerprint density at radius 3 is 2.21 bits per heavy atom. The van der Waals surface area contributed by atoms with Crippen LogP contribution in [-0.2, 0) is 9.59 Å². The van der Waals surface area contributed by atoms with Crippen molar-refractivity contribution in [3.8, 4) is 0 Å². The molecule has 0 saturated carbocycles. The quantitative estimate of drug-likeness (QED) is 0.902. The Morgan fingerprint density at radius 2 is 1.71 bits per heavy atom. The zero-order valence-electron chi connectivity index (χ0n) is 15.3. The molecule has 0 radical (unpaired) electrons. The lowest BCUT2D eigenvalue weighted by Crippen LogP contribution is -2.42. The summed E-state index contributed by atoms with van der Waals surface area (Å²) in [6.45, 7) is 9.97. The number of amides is 2. The first kappa shape index (κ1) is 18.3. The number of carbonyl (C=O) groups is 2. The Balaban J connectivity index is 1.99. The number of nitrogens with one attached hydrogen (secondary N) is 1. The van der Waals surface area contributed by atoms with E-state index in [1.54, 1.807) is 4.90 Å². The van der Waals surface area contributed by atoms with Crippen LogP contribution >= 0.6 is 0 Å². The zero-order valence-corrected chi connectivity index (χ0v) is 15.3. The number of hydrogen-bond donors (Lipinski definition) is 1. The fourth-order valence-electron chi connectivity index (χ4n) is 2.98. The summed E-state index contributed by atoms with van der Waals surface area (Å²) >= 11 is 0. The molecule has 1 aliphatic rings. The van der Waals surface area contributed by atoms with E-state index in [0.717, 1.165) is 18.8 Å². The van der Waals surface area contributed by atoms with Gasteiger partial charge in [0.05, 0.1) is 0 Å². The molecule has 5 nitrogen and oxygen atoms in total. The van der Waals surface area contributed by atoms with Crippen molar-refractivity contribution in [3.63, 3.8) is 0 Å². The number of rotatable bonds is 5. The topological polar surface area (TPSA) is 52.7 Å². The molecule has 1 aliphatic heterocycles. The summed E-state index contributed by atoms with van der Waals surface area (Å²) in [5.41, 5.74) is 1.79. The van der Waals surface area contributed by atoms with Crippen LogP contribution in [0.15, 0.2) is 24.3 Å². The molecule has 0 atom stereocenters. The molecule has 0 aromatic heterocycles. The minimum atomic E-state index is -0.254. The Morgan fingerprint density at radius 1 is 1.12 bits per heavy atom. The molecule has 0 bridgehead atoms. The van der Waals surface area contributed by atoms with Crippen molar-refractivity contribution in [2.45, 2.75) is 52.5 Å². The van der Waals surface area contributed by atoms with Crippen molar-refractivity contribution >= 4 is 23.2 Å². The second-order valence-corrected chi connectivity index (χ2v) is 7.43. The normalized spacial score (nSPS) is 14.6. The highest BCUT2D eigenvalue weighted by Crippen LogP contribution is 2.24. The van der Waals surface area contributed by atoms with E-state index < -0.39 is 0 Å². The molecule has 1 heterocycles. The van der Waals surface area contributed by atoms with Crippen LogP contribution < -0.4 is 15.1 Å². The van der Waals surface area contributed by atoms with Gasteiger partial charge in [-0.05, 0) is 57.9 Å². The van der Waals surface area contributed by atoms with Gasteiger partial charge in [0.2, 0.25) is 11.8 Å². The van der Waals surface area contributed by atoms with Crippen molar-refractivity contribution in [1.29, 1.82) is 0 Å². The van der Waals surface area contributed by atoms with Gasteiger partial charge in [-0.1, -0.05) is 0 Å². The summed E-state index contributed by atoms with van der Waals surface area (Å²) < 4.78 is 0. The third-order valence-corrected chi connectivity index (χ3v) is 4.09. The van der Waals surface area contributed by atoms with Gasteiger partial charge >= 0.3 is 0 Å². The number of anilines is 2. The minimum absolute atomic E-state index is 0.0394. The summed E-state index contributed by atoms with van der Waals surface area (Å²) in [5.74, 6) is -0.0880. The highest BCUT2D eigenvalue weighted by Gasteiger charge is 2.18. The lowest BCUT2D eigenvalue weighted by molar-refractivity contribution is -0.122. The molecule has 1 N–H and O–H groups in total. The van der Waals surface area contributed by atoms with Gasteiger partial charge in [-0.15, -0.1) is 0 Å². The Hall–Kier alpha value is -2.04. The fraction of sp³-hybridized carbons (Fsp3) is 0.579. The predicted octanol–water partition coefficient (Wildman–Crippen LogP) is 2.94. The van der Waals surface area contributed by atoms with Crippen LogP contribution in [0.3, 0.4) is 0 Å². The van der Waals surface area contributed by atoms with Gasteiger partial charge in [-0.3, -0.25) is 9.59 Å². The average Bonchev–Trinajstić information content (AvgIpc) is 3.00. The predicted molar refractivity (Wildman–Crippen MR) is 98.4 cm³/mol. The molecular formula is C19H29N3O2. The maximum atomic E-state index is 12.0. The van der Waals surface area contributed by atoms with Crippen molar-refractivity contribution in [3.05, 3.63) is 24.3 Å². The van der Waals surface area contributed by atoms with Crippen molar-refractivity contribution in [2.24, 2.45) is 0 Å². The van der Waals surface area contributed by atoms with Crippen LogP contribution in [0.25, 0.3) is 0 Å². The first-order valence-corrected chi connectivity index (χ1v) is 8.70. The Kier molecular flexibility index (Phi) is 5.86. The van der Waals surface area contributed by atoms with E-state index in [1.165, 1.54) is 25.5 Å². The fourth-order valence-corrected chi connectivity index (χ4v) is 2.98. The Labute approximate surface area is 145 Å². The summed E-state index contributed by atoms with van der Waals surface area (Å²) in [6.07, 6.45) is 2.78. The van der Waals surface area contributed by atoms with Gasteiger partial charge < -0.3 is 15.1 Å². The number of hydrogen-bond acceptors (Lipinski definition) is 3. The molecule has 2 rings (SSSR count). The lowest BCUT2D eigenvalue weighted by Gasteiger charge is -2.25. The molecule has 1 aromatic carbocycles. The van der Waals surface area contributed by atoms with Crippen molar-refractivity contribution < 1.29 is 9.59 Å². The highest BCUT2D eigenvalue weighted by atomic mass is 16.2. The molecule has 0 unspecified atom stereocenters. The number of benzene rings is 1. The molecule has 24 heavy (non-hydrogen) atoms. The number of nitrogens with zero attached hydrogens (tertiary/aromatic N) is 2. The monoisotopic (exact) mass is 331 g/mol. The van der Waals surface area contributed by atoms with Gasteiger partial charge in [-0.2, -0.15) is 0 Å². The third kappa shape index (κ3) is 5.25. The largest absolute Gasteiger partial charge is 0.372 e. The standard InChI is InChI=1S/C19H29N3O2/c1-15(23)22(14-11-18(24)20-19(2,3)4)17-9-7-16(8-10-17)21-12-5-6-13-21/h7-10H,5-6,11-14H2,1-4H3,(H,20,24). The molecular weight excluding hydrogens is 302 g/mol. The maximum Gasteiger partial charge on any atom is 0.223 e. The third-order valence-electron chi connectivity index (χ3n) is 4.09. The van der Waals surface area contributed by atoms with E-state index in [1.807, 2.05) is 32.9 Å². The van der Waals surface area contributed by atoms with Gasteiger partial charge in [-0.25, -0.2) is 0 Å². The smallest absolute Gasteiger partial charge is 0.223 e. The molecule has 2 amide bonds. The SMILES string of the molecule is CC(=O)N(CCC(=O)NC(C)(C)C)c1ccc(N2CCCC2)cc1. The van der Waals surface area contributed by atoms with Crippen molar-refractivity contribution in [1.82, 2.24) is 5.32 Å². The maximum absolute atomic E-state index is 12.0. The van der Waals surface area contributed by atoms with E-state index >= 15 is 0 Å². The van der Waals surface area contributed by atoms with Gasteiger partial charge in [0, 0.05) is 49.9 Å². The lowest BCUT2D eigenvalue weighted by atomic mass is 10.1. The van der Waals surface area contributed by atoms with Crippen LogP contribution in [0.2, 0.25) is 0 Å². The van der Waals surface area contributed by atoms with E-state index in [4.69, 9.17) is 0 Å². The first-order chi connectivity index (χ1) is 11.3. The van der Waals surface area contributed by atoms with Crippen LogP contribution in [0, 0.1) is 0 Å². The summed E-state index contributed by atoms with van der Waals surface area (Å²) in [6, 6.07) is 8.06. The van der Waals surface area contributed by atoms with Gasteiger partial charge in [0.1, 0.15) is 0 Å². The minimum Gasteiger partial charge on any atom is -0.372 e. The molecule has 1 fully saturated rings. The van der Waals surface area contributed by atoms with Crippen LogP contribution in [-0.4, -0.2) is 37.0 Å². The van der Waals surface area contributed by atoms with Gasteiger partial charge in [0.25, 0.3) is 0 Å². The van der Waals surface area contributed by atoms with Crippen molar-refractivity contribution in [2.75, 3.05) is 29.4 Å². The summed E-state index contributed by atoms with van der Waals surface area (Å²) in [5, 5.41) is 2.93. The average molecular weight is 331 g/mol.